The molecule has 22 heavy (non-hydrogen) atoms. The third kappa shape index (κ3) is 2.97. The summed E-state index contributed by atoms with van der Waals surface area (Å²) in [5.74, 6) is 0.137. The summed E-state index contributed by atoms with van der Waals surface area (Å²) in [4.78, 5) is 10.6. The Kier molecular flexibility index (Phi) is 3.61. The van der Waals surface area contributed by atoms with E-state index in [1.807, 2.05) is 0 Å². The largest absolute Gasteiger partial charge is 0.399 e. The molecular weight excluding hydrogens is 302 g/mol. The van der Waals surface area contributed by atoms with Crippen LogP contribution < -0.4 is 16.0 Å². The van der Waals surface area contributed by atoms with Gasteiger partial charge in [0.1, 0.15) is 0 Å². The minimum atomic E-state index is -3.69. The van der Waals surface area contributed by atoms with Gasteiger partial charge in [0.15, 0.2) is 0 Å². The van der Waals surface area contributed by atoms with Crippen molar-refractivity contribution in [3.63, 3.8) is 0 Å². The second-order valence-corrected chi connectivity index (χ2v) is 6.24. The van der Waals surface area contributed by atoms with Gasteiger partial charge in [-0.3, -0.25) is 5.43 Å². The molecule has 0 amide bonds. The second-order valence-electron chi connectivity index (χ2n) is 4.56. The minimum Gasteiger partial charge on any atom is -0.399 e. The van der Waals surface area contributed by atoms with E-state index in [0.717, 1.165) is 5.39 Å². The lowest BCUT2D eigenvalue weighted by atomic mass is 10.2. The first-order valence-corrected chi connectivity index (χ1v) is 7.88. The molecule has 112 valence electrons. The number of nitrogen functional groups attached to an aromatic ring is 1. The van der Waals surface area contributed by atoms with Crippen molar-refractivity contribution in [2.75, 3.05) is 11.2 Å². The van der Waals surface area contributed by atoms with Crippen LogP contribution in [0.2, 0.25) is 0 Å². The highest BCUT2D eigenvalue weighted by Gasteiger charge is 2.13. The Hall–Kier alpha value is -2.71. The average molecular weight is 315 g/mol. The summed E-state index contributed by atoms with van der Waals surface area (Å²) >= 11 is 0. The van der Waals surface area contributed by atoms with Crippen LogP contribution in [0.5, 0.6) is 0 Å². The molecule has 4 N–H and O–H groups in total. The van der Waals surface area contributed by atoms with E-state index in [0.29, 0.717) is 11.2 Å². The van der Waals surface area contributed by atoms with Crippen LogP contribution in [0.4, 0.5) is 11.6 Å². The SMILES string of the molecule is Nc1ccc2cnc(NNS(=O)(=O)c3ccccc3)nc2c1. The molecule has 0 aliphatic rings. The van der Waals surface area contributed by atoms with Gasteiger partial charge in [-0.15, -0.1) is 4.83 Å². The van der Waals surface area contributed by atoms with Crippen molar-refractivity contribution in [3.8, 4) is 0 Å². The zero-order chi connectivity index (χ0) is 15.6. The lowest BCUT2D eigenvalue weighted by molar-refractivity contribution is 0.587. The van der Waals surface area contributed by atoms with Gasteiger partial charge in [-0.05, 0) is 30.3 Å². The molecule has 0 bridgehead atoms. The molecular formula is C14H13N5O2S. The lowest BCUT2D eigenvalue weighted by Crippen LogP contribution is -2.30. The van der Waals surface area contributed by atoms with Crippen LogP contribution in [0.25, 0.3) is 10.9 Å². The fourth-order valence-electron chi connectivity index (χ4n) is 1.87. The molecule has 0 spiro atoms. The van der Waals surface area contributed by atoms with Gasteiger partial charge < -0.3 is 5.73 Å². The number of sulfonamides is 1. The Balaban J connectivity index is 1.82. The molecule has 0 aliphatic heterocycles. The van der Waals surface area contributed by atoms with Gasteiger partial charge in [-0.1, -0.05) is 18.2 Å². The number of hydrogen-bond donors (Lipinski definition) is 3. The Morgan fingerprint density at radius 3 is 2.59 bits per heavy atom. The van der Waals surface area contributed by atoms with E-state index in [-0.39, 0.29) is 10.8 Å². The van der Waals surface area contributed by atoms with Crippen molar-refractivity contribution in [1.29, 1.82) is 0 Å². The standard InChI is InChI=1S/C14H13N5O2S/c15-11-7-6-10-9-16-14(17-13(10)8-11)18-19-22(20,21)12-4-2-1-3-5-12/h1-9,19H,15H2,(H,16,17,18). The number of hydrogen-bond acceptors (Lipinski definition) is 6. The van der Waals surface area contributed by atoms with Gasteiger partial charge in [-0.2, -0.15) is 0 Å². The Morgan fingerprint density at radius 2 is 1.82 bits per heavy atom. The van der Waals surface area contributed by atoms with Crippen LogP contribution >= 0.6 is 0 Å². The number of benzene rings is 2. The van der Waals surface area contributed by atoms with E-state index in [4.69, 9.17) is 5.73 Å². The van der Waals surface area contributed by atoms with Crippen LogP contribution in [-0.4, -0.2) is 18.4 Å². The molecule has 0 radical (unpaired) electrons. The zero-order valence-corrected chi connectivity index (χ0v) is 12.2. The predicted molar refractivity (Wildman–Crippen MR) is 84.3 cm³/mol. The summed E-state index contributed by atoms with van der Waals surface area (Å²) in [5, 5.41) is 0.811. The fraction of sp³-hybridized carbons (Fsp3) is 0. The van der Waals surface area contributed by atoms with Crippen molar-refractivity contribution < 1.29 is 8.42 Å². The van der Waals surface area contributed by atoms with Crippen LogP contribution in [0, 0.1) is 0 Å². The predicted octanol–water partition coefficient (Wildman–Crippen LogP) is 1.52. The number of nitrogens with two attached hydrogens (primary N) is 1. The van der Waals surface area contributed by atoms with Crippen molar-refractivity contribution in [1.82, 2.24) is 14.8 Å². The van der Waals surface area contributed by atoms with Crippen molar-refractivity contribution in [2.24, 2.45) is 0 Å². The molecule has 2 aromatic carbocycles. The van der Waals surface area contributed by atoms with E-state index in [1.54, 1.807) is 42.6 Å². The number of nitrogens with one attached hydrogen (secondary N) is 2. The minimum absolute atomic E-state index is 0.137. The highest BCUT2D eigenvalue weighted by Crippen LogP contribution is 2.16. The third-order valence-electron chi connectivity index (χ3n) is 2.96. The first kappa shape index (κ1) is 14.2. The molecule has 3 rings (SSSR count). The van der Waals surface area contributed by atoms with Gasteiger partial charge >= 0.3 is 0 Å². The molecule has 0 aliphatic carbocycles. The van der Waals surface area contributed by atoms with Gasteiger partial charge in [0.05, 0.1) is 10.4 Å². The molecule has 0 saturated carbocycles. The van der Waals surface area contributed by atoms with E-state index >= 15 is 0 Å². The summed E-state index contributed by atoms with van der Waals surface area (Å²) < 4.78 is 24.1. The number of fused-ring (bicyclic) bond motifs is 1. The quantitative estimate of drug-likeness (QED) is 0.497. The number of nitrogens with zero attached hydrogens (tertiary/aromatic N) is 2. The third-order valence-corrected chi connectivity index (χ3v) is 4.22. The van der Waals surface area contributed by atoms with Crippen LogP contribution in [0.3, 0.4) is 0 Å². The summed E-state index contributed by atoms with van der Waals surface area (Å²) in [5.41, 5.74) is 9.39. The zero-order valence-electron chi connectivity index (χ0n) is 11.4. The van der Waals surface area contributed by atoms with E-state index in [9.17, 15) is 8.42 Å². The second kappa shape index (κ2) is 5.58. The summed E-state index contributed by atoms with van der Waals surface area (Å²) in [6, 6.07) is 13.2. The molecule has 7 nitrogen and oxygen atoms in total. The maximum absolute atomic E-state index is 12.1. The molecule has 1 aromatic heterocycles. The van der Waals surface area contributed by atoms with Gasteiger partial charge in [0, 0.05) is 17.3 Å². The van der Waals surface area contributed by atoms with E-state index < -0.39 is 10.0 Å². The number of hydrazine groups is 1. The molecule has 8 heteroatoms. The van der Waals surface area contributed by atoms with E-state index in [1.165, 1.54) is 12.1 Å². The van der Waals surface area contributed by atoms with Crippen molar-refractivity contribution >= 4 is 32.6 Å². The topological polar surface area (TPSA) is 110 Å². The Bertz CT molecular complexity index is 913. The summed E-state index contributed by atoms with van der Waals surface area (Å²) in [6.07, 6.45) is 1.58. The van der Waals surface area contributed by atoms with Crippen LogP contribution in [0.15, 0.2) is 59.6 Å². The fourth-order valence-corrected chi connectivity index (χ4v) is 2.73. The van der Waals surface area contributed by atoms with Crippen LogP contribution in [-0.2, 0) is 10.0 Å². The van der Waals surface area contributed by atoms with Crippen molar-refractivity contribution in [3.05, 3.63) is 54.7 Å². The number of rotatable bonds is 4. The maximum atomic E-state index is 12.1. The van der Waals surface area contributed by atoms with Gasteiger partial charge in [0.25, 0.3) is 10.0 Å². The molecule has 0 atom stereocenters. The highest BCUT2D eigenvalue weighted by atomic mass is 32.2. The summed E-state index contributed by atoms with van der Waals surface area (Å²) in [6.45, 7) is 0. The van der Waals surface area contributed by atoms with Crippen molar-refractivity contribution in [2.45, 2.75) is 4.90 Å². The molecule has 3 aromatic rings. The number of anilines is 2. The molecule has 1 heterocycles. The lowest BCUT2D eigenvalue weighted by Gasteiger charge is -2.08. The monoisotopic (exact) mass is 315 g/mol. The summed E-state index contributed by atoms with van der Waals surface area (Å²) in [7, 11) is -3.69. The van der Waals surface area contributed by atoms with Gasteiger partial charge in [-0.25, -0.2) is 18.4 Å². The molecule has 0 unspecified atom stereocenters. The normalized spacial score (nSPS) is 11.5. The highest BCUT2D eigenvalue weighted by molar-refractivity contribution is 7.89. The van der Waals surface area contributed by atoms with Gasteiger partial charge in [0.2, 0.25) is 5.95 Å². The van der Waals surface area contributed by atoms with E-state index in [2.05, 4.69) is 20.2 Å². The maximum Gasteiger partial charge on any atom is 0.257 e. The average Bonchev–Trinajstić information content (AvgIpc) is 2.53. The van der Waals surface area contributed by atoms with Crippen LogP contribution in [0.1, 0.15) is 0 Å². The first-order chi connectivity index (χ1) is 10.5. The smallest absolute Gasteiger partial charge is 0.257 e. The first-order valence-electron chi connectivity index (χ1n) is 6.40. The molecule has 0 fully saturated rings. The molecule has 0 saturated heterocycles. The number of aromatic nitrogens is 2. The Labute approximate surface area is 127 Å². The Morgan fingerprint density at radius 1 is 1.05 bits per heavy atom.